The van der Waals surface area contributed by atoms with E-state index in [1.54, 1.807) is 22.7 Å². The van der Waals surface area contributed by atoms with E-state index in [0.29, 0.717) is 47.3 Å². The molecule has 3 heterocycles. The minimum atomic E-state index is -1.08. The fourth-order valence-electron chi connectivity index (χ4n) is 5.77. The van der Waals surface area contributed by atoms with Crippen molar-refractivity contribution in [2.75, 3.05) is 52.3 Å². The maximum atomic E-state index is 14.8. The van der Waals surface area contributed by atoms with Crippen LogP contribution in [-0.2, 0) is 6.42 Å². The van der Waals surface area contributed by atoms with E-state index in [-0.39, 0.29) is 29.7 Å². The third-order valence-corrected chi connectivity index (χ3v) is 8.35. The Balaban J connectivity index is 1.24. The summed E-state index contributed by atoms with van der Waals surface area (Å²) in [7, 11) is 3.33. The van der Waals surface area contributed by atoms with Crippen molar-refractivity contribution in [2.45, 2.75) is 38.6 Å². The van der Waals surface area contributed by atoms with Crippen LogP contribution in [0.3, 0.4) is 0 Å². The van der Waals surface area contributed by atoms with Crippen molar-refractivity contribution in [3.05, 3.63) is 71.7 Å². The highest BCUT2D eigenvalue weighted by atomic mass is 19.2. The maximum absolute atomic E-state index is 14.8. The van der Waals surface area contributed by atoms with Crippen LogP contribution in [0.4, 0.5) is 24.7 Å². The van der Waals surface area contributed by atoms with Gasteiger partial charge >= 0.3 is 0 Å². The Hall–Kier alpha value is -4.16. The van der Waals surface area contributed by atoms with Gasteiger partial charge in [-0.25, -0.2) is 14.4 Å². The Bertz CT molecular complexity index is 1620. The zero-order valence-electron chi connectivity index (χ0n) is 25.9. The predicted molar refractivity (Wildman–Crippen MR) is 169 cm³/mol. The number of nitrogens with zero attached hydrogens (tertiary/aromatic N) is 4. The summed E-state index contributed by atoms with van der Waals surface area (Å²) in [5.74, 6) is -2.40. The van der Waals surface area contributed by atoms with Gasteiger partial charge in [0.1, 0.15) is 0 Å². The molecule has 0 radical (unpaired) electrons. The zero-order chi connectivity index (χ0) is 31.9. The molecular weight excluding hydrogens is 583 g/mol. The second kappa shape index (κ2) is 14.7. The molecule has 0 bridgehead atoms. The second-order valence-electron chi connectivity index (χ2n) is 11.5. The van der Waals surface area contributed by atoms with Crippen molar-refractivity contribution in [3.8, 4) is 17.0 Å². The number of likely N-dealkylation sites (N-methyl/N-ethyl adjacent to an activating group) is 1. The van der Waals surface area contributed by atoms with Crippen LogP contribution in [0.15, 0.2) is 48.9 Å². The molecule has 12 heteroatoms. The van der Waals surface area contributed by atoms with E-state index in [2.05, 4.69) is 37.9 Å². The molecule has 2 atom stereocenters. The number of aromatic nitrogens is 3. The van der Waals surface area contributed by atoms with Gasteiger partial charge in [-0.1, -0.05) is 6.92 Å². The van der Waals surface area contributed by atoms with Crippen molar-refractivity contribution >= 4 is 23.1 Å². The largest absolute Gasteiger partial charge is 0.494 e. The molecule has 9 nitrogen and oxygen atoms in total. The second-order valence-corrected chi connectivity index (χ2v) is 11.5. The number of methoxy groups -OCH3 is 1. The van der Waals surface area contributed by atoms with E-state index >= 15 is 0 Å². The number of benzene rings is 2. The van der Waals surface area contributed by atoms with Gasteiger partial charge in [0, 0.05) is 54.3 Å². The number of ether oxygens (including phenoxy) is 1. The summed E-state index contributed by atoms with van der Waals surface area (Å²) in [6.45, 7) is 4.50. The summed E-state index contributed by atoms with van der Waals surface area (Å²) in [5.41, 5.74) is 2.80. The predicted octanol–water partition coefficient (Wildman–Crippen LogP) is 5.38. The molecule has 2 aromatic carbocycles. The molecule has 1 aliphatic heterocycles. The van der Waals surface area contributed by atoms with Gasteiger partial charge < -0.3 is 25.6 Å². The number of nitrogens with one attached hydrogen (secondary N) is 3. The van der Waals surface area contributed by atoms with Gasteiger partial charge in [-0.2, -0.15) is 4.39 Å². The molecule has 2 unspecified atom stereocenters. The minimum Gasteiger partial charge on any atom is -0.494 e. The lowest BCUT2D eigenvalue weighted by atomic mass is 10.0. The van der Waals surface area contributed by atoms with Crippen LogP contribution in [0.5, 0.6) is 5.75 Å². The number of imidazole rings is 1. The van der Waals surface area contributed by atoms with E-state index in [1.807, 2.05) is 13.0 Å². The van der Waals surface area contributed by atoms with Crippen molar-refractivity contribution in [1.29, 1.82) is 0 Å². The smallest absolute Gasteiger partial charge is 0.251 e. The SMILES string of the molecule is CCc1cc(Nc2nccn3c(-c4ccc(OC)c(F)c4F)cnc23)ccc1C(=O)NCC(CF)CCN(C)CC1CCCN1. The van der Waals surface area contributed by atoms with E-state index in [9.17, 15) is 18.0 Å². The number of anilines is 2. The summed E-state index contributed by atoms with van der Waals surface area (Å²) >= 11 is 0. The number of carbonyl (C=O) groups is 1. The lowest BCUT2D eigenvalue weighted by Crippen LogP contribution is -2.37. The quantitative estimate of drug-likeness (QED) is 0.174. The normalized spacial score (nSPS) is 15.5. The van der Waals surface area contributed by atoms with Gasteiger partial charge in [0.25, 0.3) is 5.91 Å². The summed E-state index contributed by atoms with van der Waals surface area (Å²) < 4.78 is 49.6. The van der Waals surface area contributed by atoms with E-state index in [4.69, 9.17) is 4.74 Å². The van der Waals surface area contributed by atoms with Crippen molar-refractivity contribution in [2.24, 2.45) is 5.92 Å². The first kappa shape index (κ1) is 32.2. The molecule has 1 aliphatic rings. The fraction of sp³-hybridized carbons (Fsp3) is 0.424. The molecule has 1 saturated heterocycles. The number of amides is 1. The molecule has 240 valence electrons. The molecule has 5 rings (SSSR count). The first-order chi connectivity index (χ1) is 21.8. The Kier molecular flexibility index (Phi) is 10.6. The molecule has 0 saturated carbocycles. The number of aryl methyl sites for hydroxylation is 1. The van der Waals surface area contributed by atoms with Gasteiger partial charge in [0.2, 0.25) is 5.82 Å². The molecule has 1 fully saturated rings. The Morgan fingerprint density at radius 3 is 2.80 bits per heavy atom. The highest BCUT2D eigenvalue weighted by molar-refractivity contribution is 5.96. The summed E-state index contributed by atoms with van der Waals surface area (Å²) in [6.07, 6.45) is 8.23. The standard InChI is InChI=1S/C33H40F3N7O2/c1-4-22-16-23(7-8-25(22)33(44)40-18-21(17-34)11-14-42(2)20-24-6-5-12-37-24)41-31-32-39-19-27(43(32)15-13-38-31)26-9-10-28(45-3)30(36)29(26)35/h7-10,13,15-16,19,21,24,37H,4-6,11-12,14,17-18,20H2,1-3H3,(H,38,41)(H,40,44). The number of rotatable bonds is 14. The molecule has 0 spiro atoms. The summed E-state index contributed by atoms with van der Waals surface area (Å²) in [4.78, 5) is 24.2. The van der Waals surface area contributed by atoms with Crippen LogP contribution in [0.25, 0.3) is 16.9 Å². The summed E-state index contributed by atoms with van der Waals surface area (Å²) in [6, 6.07) is 8.66. The van der Waals surface area contributed by atoms with Crippen LogP contribution >= 0.6 is 0 Å². The van der Waals surface area contributed by atoms with Gasteiger partial charge in [0.15, 0.2) is 23.0 Å². The average molecular weight is 624 g/mol. The van der Waals surface area contributed by atoms with Crippen molar-refractivity contribution in [1.82, 2.24) is 29.9 Å². The Labute approximate surface area is 261 Å². The number of hydrogen-bond donors (Lipinski definition) is 3. The summed E-state index contributed by atoms with van der Waals surface area (Å²) in [5, 5.41) is 9.65. The van der Waals surface area contributed by atoms with Gasteiger partial charge in [-0.15, -0.1) is 0 Å². The van der Waals surface area contributed by atoms with Crippen molar-refractivity contribution in [3.63, 3.8) is 0 Å². The number of hydrogen-bond acceptors (Lipinski definition) is 7. The number of alkyl halides is 1. The van der Waals surface area contributed by atoms with Crippen LogP contribution in [0, 0.1) is 17.6 Å². The first-order valence-electron chi connectivity index (χ1n) is 15.3. The van der Waals surface area contributed by atoms with E-state index in [1.165, 1.54) is 44.5 Å². The number of fused-ring (bicyclic) bond motifs is 1. The van der Waals surface area contributed by atoms with Crippen LogP contribution in [0.2, 0.25) is 0 Å². The highest BCUT2D eigenvalue weighted by Crippen LogP contribution is 2.31. The molecule has 4 aromatic rings. The molecule has 1 amide bonds. The Morgan fingerprint density at radius 1 is 1.22 bits per heavy atom. The number of halogens is 3. The van der Waals surface area contributed by atoms with Crippen molar-refractivity contribution < 1.29 is 22.7 Å². The van der Waals surface area contributed by atoms with Crippen LogP contribution in [-0.4, -0.2) is 78.2 Å². The minimum absolute atomic E-state index is 0.0324. The first-order valence-corrected chi connectivity index (χ1v) is 15.3. The molecular formula is C33H40F3N7O2. The maximum Gasteiger partial charge on any atom is 0.251 e. The monoisotopic (exact) mass is 623 g/mol. The van der Waals surface area contributed by atoms with Gasteiger partial charge in [0.05, 0.1) is 25.7 Å². The van der Waals surface area contributed by atoms with Gasteiger partial charge in [-0.3, -0.25) is 13.6 Å². The lowest BCUT2D eigenvalue weighted by Gasteiger charge is -2.23. The average Bonchev–Trinajstić information content (AvgIpc) is 3.73. The zero-order valence-corrected chi connectivity index (χ0v) is 25.9. The molecule has 45 heavy (non-hydrogen) atoms. The third-order valence-electron chi connectivity index (χ3n) is 8.35. The third kappa shape index (κ3) is 7.39. The lowest BCUT2D eigenvalue weighted by molar-refractivity contribution is 0.0942. The van der Waals surface area contributed by atoms with E-state index < -0.39 is 18.3 Å². The molecule has 3 N–H and O–H groups in total. The molecule has 2 aromatic heterocycles. The fourth-order valence-corrected chi connectivity index (χ4v) is 5.77. The van der Waals surface area contributed by atoms with Crippen LogP contribution < -0.4 is 20.7 Å². The Morgan fingerprint density at radius 2 is 2.07 bits per heavy atom. The topological polar surface area (TPSA) is 95.8 Å². The molecule has 0 aliphatic carbocycles. The number of carbonyl (C=O) groups excluding carboxylic acids is 1. The highest BCUT2D eigenvalue weighted by Gasteiger charge is 2.21. The van der Waals surface area contributed by atoms with Crippen LogP contribution in [0.1, 0.15) is 42.1 Å². The van der Waals surface area contributed by atoms with E-state index in [0.717, 1.165) is 25.2 Å². The van der Waals surface area contributed by atoms with Gasteiger partial charge in [-0.05, 0) is 81.7 Å².